The Morgan fingerprint density at radius 3 is 2.03 bits per heavy atom. The summed E-state index contributed by atoms with van der Waals surface area (Å²) in [6.45, 7) is 0.197. The lowest BCUT2D eigenvalue weighted by molar-refractivity contribution is -0.123. The van der Waals surface area contributed by atoms with Gasteiger partial charge >= 0.3 is 0 Å². The second kappa shape index (κ2) is 7.05. The minimum atomic E-state index is -1.04. The van der Waals surface area contributed by atoms with E-state index in [2.05, 4.69) is 5.32 Å². The summed E-state index contributed by atoms with van der Waals surface area (Å²) in [5, 5.41) is 14.5. The molecule has 1 fully saturated rings. The fourth-order valence-corrected chi connectivity index (χ4v) is 4.29. The molecule has 0 bridgehead atoms. The smallest absolute Gasteiger partial charge is 0.232 e. The van der Waals surface area contributed by atoms with Crippen molar-refractivity contribution in [2.45, 2.75) is 24.4 Å². The van der Waals surface area contributed by atoms with Crippen LogP contribution >= 0.6 is 0 Å². The number of hydrogen-bond donors (Lipinski definition) is 2. The van der Waals surface area contributed by atoms with Crippen LogP contribution in [0.25, 0.3) is 0 Å². The molecule has 29 heavy (non-hydrogen) atoms. The van der Waals surface area contributed by atoms with Gasteiger partial charge in [0.1, 0.15) is 17.1 Å². The highest BCUT2D eigenvalue weighted by Gasteiger charge is 2.45. The van der Waals surface area contributed by atoms with E-state index in [1.807, 2.05) is 78.9 Å². The molecule has 4 heteroatoms. The number of carbonyl (C=O) groups excluding carboxylic acids is 1. The molecule has 1 amide bonds. The molecule has 0 spiro atoms. The van der Waals surface area contributed by atoms with Crippen LogP contribution in [0, 0.1) is 5.92 Å². The first-order valence-corrected chi connectivity index (χ1v) is 10.1. The minimum absolute atomic E-state index is 0.122. The molecule has 2 aliphatic rings. The van der Waals surface area contributed by atoms with Gasteiger partial charge < -0.3 is 15.2 Å². The van der Waals surface area contributed by atoms with Crippen LogP contribution in [0.3, 0.4) is 0 Å². The third-order valence-electron chi connectivity index (χ3n) is 6.00. The Balaban J connectivity index is 1.44. The SMILES string of the molecule is O=C(NCC(O)(c1ccccc1)C1CC1)C1c2ccccc2Oc2ccccc21. The molecule has 1 aliphatic heterocycles. The van der Waals surface area contributed by atoms with Gasteiger partial charge in [0, 0.05) is 11.1 Å². The van der Waals surface area contributed by atoms with Crippen molar-refractivity contribution < 1.29 is 14.6 Å². The zero-order valence-corrected chi connectivity index (χ0v) is 16.0. The van der Waals surface area contributed by atoms with Crippen molar-refractivity contribution in [3.8, 4) is 11.5 Å². The molecule has 0 saturated heterocycles. The van der Waals surface area contributed by atoms with Crippen LogP contribution in [0.15, 0.2) is 78.9 Å². The molecule has 5 rings (SSSR count). The van der Waals surface area contributed by atoms with Crippen molar-refractivity contribution in [3.05, 3.63) is 95.6 Å². The monoisotopic (exact) mass is 385 g/mol. The molecular weight excluding hydrogens is 362 g/mol. The van der Waals surface area contributed by atoms with Crippen LogP contribution in [-0.4, -0.2) is 17.6 Å². The molecule has 146 valence electrons. The Morgan fingerprint density at radius 1 is 0.897 bits per heavy atom. The van der Waals surface area contributed by atoms with Crippen LogP contribution in [0.1, 0.15) is 35.4 Å². The average Bonchev–Trinajstić information content (AvgIpc) is 3.62. The number of carbonyl (C=O) groups is 1. The largest absolute Gasteiger partial charge is 0.457 e. The maximum absolute atomic E-state index is 13.4. The van der Waals surface area contributed by atoms with Crippen molar-refractivity contribution in [1.29, 1.82) is 0 Å². The predicted octanol–water partition coefficient (Wildman–Crippen LogP) is 4.34. The van der Waals surface area contributed by atoms with E-state index in [1.54, 1.807) is 0 Å². The second-order valence-electron chi connectivity index (χ2n) is 7.89. The Bertz CT molecular complexity index is 999. The first kappa shape index (κ1) is 18.0. The number of ether oxygens (including phenoxy) is 1. The lowest BCUT2D eigenvalue weighted by Crippen LogP contribution is -2.44. The van der Waals surface area contributed by atoms with Crippen LogP contribution in [0.5, 0.6) is 11.5 Å². The summed E-state index contributed by atoms with van der Waals surface area (Å²) in [6.07, 6.45) is 1.95. The molecule has 0 radical (unpaired) electrons. The van der Waals surface area contributed by atoms with Gasteiger partial charge in [-0.15, -0.1) is 0 Å². The van der Waals surface area contributed by atoms with Crippen molar-refractivity contribution >= 4 is 5.91 Å². The minimum Gasteiger partial charge on any atom is -0.457 e. The van der Waals surface area contributed by atoms with Gasteiger partial charge in [-0.25, -0.2) is 0 Å². The summed E-state index contributed by atoms with van der Waals surface area (Å²) in [4.78, 5) is 13.4. The Kier molecular flexibility index (Phi) is 4.36. The van der Waals surface area contributed by atoms with Gasteiger partial charge in [0.2, 0.25) is 5.91 Å². The van der Waals surface area contributed by atoms with Crippen molar-refractivity contribution in [2.75, 3.05) is 6.54 Å². The zero-order chi connectivity index (χ0) is 19.8. The molecule has 0 aromatic heterocycles. The van der Waals surface area contributed by atoms with E-state index in [-0.39, 0.29) is 18.4 Å². The number of nitrogens with one attached hydrogen (secondary N) is 1. The van der Waals surface area contributed by atoms with Crippen molar-refractivity contribution in [3.63, 3.8) is 0 Å². The van der Waals surface area contributed by atoms with E-state index >= 15 is 0 Å². The summed E-state index contributed by atoms with van der Waals surface area (Å²) in [5.41, 5.74) is 1.51. The molecule has 2 N–H and O–H groups in total. The Hall–Kier alpha value is -3.11. The highest BCUT2D eigenvalue weighted by molar-refractivity contribution is 5.89. The lowest BCUT2D eigenvalue weighted by atomic mass is 9.86. The van der Waals surface area contributed by atoms with E-state index in [0.717, 1.165) is 29.5 Å². The number of hydrogen-bond acceptors (Lipinski definition) is 3. The van der Waals surface area contributed by atoms with Crippen LogP contribution in [0.2, 0.25) is 0 Å². The molecular formula is C25H23NO3. The van der Waals surface area contributed by atoms with Gasteiger partial charge in [-0.05, 0) is 36.5 Å². The van der Waals surface area contributed by atoms with Crippen molar-refractivity contribution in [1.82, 2.24) is 5.32 Å². The van der Waals surface area contributed by atoms with Crippen molar-refractivity contribution in [2.24, 2.45) is 5.92 Å². The van der Waals surface area contributed by atoms with Gasteiger partial charge in [-0.2, -0.15) is 0 Å². The van der Waals surface area contributed by atoms with Gasteiger partial charge in [0.05, 0.1) is 12.5 Å². The van der Waals surface area contributed by atoms with E-state index < -0.39 is 11.5 Å². The number of rotatable bonds is 5. The predicted molar refractivity (Wildman–Crippen MR) is 111 cm³/mol. The third kappa shape index (κ3) is 3.19. The van der Waals surface area contributed by atoms with Crippen LogP contribution in [0.4, 0.5) is 0 Å². The summed E-state index contributed by atoms with van der Waals surface area (Å²) < 4.78 is 5.99. The standard InChI is InChI=1S/C25H23NO3/c27-24(26-16-25(28,18-14-15-18)17-8-2-1-3-9-17)23-19-10-4-6-12-21(19)29-22-13-7-5-11-20(22)23/h1-13,18,23,28H,14-16H2,(H,26,27). The first-order chi connectivity index (χ1) is 14.2. The summed E-state index contributed by atoms with van der Waals surface area (Å²) >= 11 is 0. The van der Waals surface area contributed by atoms with Gasteiger partial charge in [-0.3, -0.25) is 4.79 Å². The van der Waals surface area contributed by atoms with E-state index in [4.69, 9.17) is 4.74 Å². The van der Waals surface area contributed by atoms with Crippen LogP contribution < -0.4 is 10.1 Å². The van der Waals surface area contributed by atoms with Gasteiger partial charge in [0.15, 0.2) is 0 Å². The molecule has 1 unspecified atom stereocenters. The molecule has 1 atom stereocenters. The molecule has 1 aliphatic carbocycles. The summed E-state index contributed by atoms with van der Waals surface area (Å²) in [6, 6.07) is 24.9. The second-order valence-corrected chi connectivity index (χ2v) is 7.89. The topological polar surface area (TPSA) is 58.6 Å². The number of aliphatic hydroxyl groups is 1. The summed E-state index contributed by atoms with van der Waals surface area (Å²) in [7, 11) is 0. The fraction of sp³-hybridized carbons (Fsp3) is 0.240. The molecule has 3 aromatic carbocycles. The third-order valence-corrected chi connectivity index (χ3v) is 6.00. The molecule has 1 saturated carbocycles. The number of amides is 1. The first-order valence-electron chi connectivity index (χ1n) is 10.1. The zero-order valence-electron chi connectivity index (χ0n) is 16.0. The number of fused-ring (bicyclic) bond motifs is 2. The molecule has 4 nitrogen and oxygen atoms in total. The number of benzene rings is 3. The van der Waals surface area contributed by atoms with E-state index in [1.165, 1.54) is 0 Å². The summed E-state index contributed by atoms with van der Waals surface area (Å²) in [5.74, 6) is 0.997. The van der Waals surface area contributed by atoms with Crippen LogP contribution in [-0.2, 0) is 10.4 Å². The maximum atomic E-state index is 13.4. The maximum Gasteiger partial charge on any atom is 0.232 e. The van der Waals surface area contributed by atoms with E-state index in [9.17, 15) is 9.90 Å². The highest BCUT2D eigenvalue weighted by atomic mass is 16.5. The average molecular weight is 385 g/mol. The Labute approximate surface area is 170 Å². The molecule has 3 aromatic rings. The van der Waals surface area contributed by atoms with Gasteiger partial charge in [-0.1, -0.05) is 66.7 Å². The van der Waals surface area contributed by atoms with Gasteiger partial charge in [0.25, 0.3) is 0 Å². The quantitative estimate of drug-likeness (QED) is 0.687. The number of para-hydroxylation sites is 2. The molecule has 1 heterocycles. The normalized spacial score (nSPS) is 17.4. The fourth-order valence-electron chi connectivity index (χ4n) is 4.29. The van der Waals surface area contributed by atoms with E-state index in [0.29, 0.717) is 11.5 Å². The lowest BCUT2D eigenvalue weighted by Gasteiger charge is -2.31. The Morgan fingerprint density at radius 2 is 1.45 bits per heavy atom. The highest BCUT2D eigenvalue weighted by Crippen LogP contribution is 2.46.